The van der Waals surface area contributed by atoms with Gasteiger partial charge in [-0.2, -0.15) is 0 Å². The van der Waals surface area contributed by atoms with Crippen LogP contribution in [0.15, 0.2) is 53.0 Å². The highest BCUT2D eigenvalue weighted by molar-refractivity contribution is 9.10. The van der Waals surface area contributed by atoms with E-state index in [2.05, 4.69) is 35.0 Å². The summed E-state index contributed by atoms with van der Waals surface area (Å²) in [5.74, 6) is 0.0349. The lowest BCUT2D eigenvalue weighted by Gasteiger charge is -2.27. The minimum atomic E-state index is 0.0349. The Balaban J connectivity index is 1.88. The predicted molar refractivity (Wildman–Crippen MR) is 106 cm³/mol. The Hall–Kier alpha value is -2.24. The maximum absolute atomic E-state index is 13.2. The average Bonchev–Trinajstić information content (AvgIpc) is 2.67. The lowest BCUT2D eigenvalue weighted by Crippen LogP contribution is -2.40. The number of rotatable bonds is 2. The highest BCUT2D eigenvalue weighted by atomic mass is 79.9. The molecule has 0 atom stereocenters. The summed E-state index contributed by atoms with van der Waals surface area (Å²) in [6.45, 7) is 4.47. The molecule has 0 spiro atoms. The second-order valence-electron chi connectivity index (χ2n) is 6.49. The van der Waals surface area contributed by atoms with Gasteiger partial charge >= 0.3 is 0 Å². The molecule has 4 nitrogen and oxygen atoms in total. The van der Waals surface area contributed by atoms with Crippen molar-refractivity contribution in [2.24, 2.45) is 0 Å². The van der Waals surface area contributed by atoms with Crippen LogP contribution in [0.2, 0.25) is 0 Å². The number of amides is 1. The second-order valence-corrected chi connectivity index (χ2v) is 7.41. The van der Waals surface area contributed by atoms with Gasteiger partial charge in [0.2, 0.25) is 0 Å². The summed E-state index contributed by atoms with van der Waals surface area (Å²) in [5.41, 5.74) is 4.52. The van der Waals surface area contributed by atoms with Gasteiger partial charge in [-0.25, -0.2) is 4.98 Å². The quantitative estimate of drug-likeness (QED) is 0.626. The van der Waals surface area contributed by atoms with E-state index in [1.165, 1.54) is 5.56 Å². The number of ether oxygens (including phenoxy) is 1. The van der Waals surface area contributed by atoms with Crippen LogP contribution in [0.4, 0.5) is 0 Å². The standard InChI is InChI=1S/C21H19BrN2O2/c1-14-3-2-4-15(11-14)20-13-18(21(25)24-7-9-26-10-8-24)17-12-16(22)5-6-19(17)23-20/h2-6,11-13H,7-10H2,1H3. The summed E-state index contributed by atoms with van der Waals surface area (Å²) in [6.07, 6.45) is 0. The third-order valence-corrected chi connectivity index (χ3v) is 5.11. The van der Waals surface area contributed by atoms with Crippen LogP contribution in [-0.4, -0.2) is 42.1 Å². The molecule has 1 aromatic heterocycles. The van der Waals surface area contributed by atoms with E-state index in [1.807, 2.05) is 41.3 Å². The largest absolute Gasteiger partial charge is 0.378 e. The zero-order valence-corrected chi connectivity index (χ0v) is 16.1. The minimum absolute atomic E-state index is 0.0349. The first-order chi connectivity index (χ1) is 12.6. The van der Waals surface area contributed by atoms with E-state index in [1.54, 1.807) is 0 Å². The molecule has 2 heterocycles. The molecule has 0 radical (unpaired) electrons. The molecule has 132 valence electrons. The SMILES string of the molecule is Cc1cccc(-c2cc(C(=O)N3CCOCC3)c3cc(Br)ccc3n2)c1. The molecular formula is C21H19BrN2O2. The maximum Gasteiger partial charge on any atom is 0.254 e. The van der Waals surface area contributed by atoms with Crippen LogP contribution in [-0.2, 0) is 4.74 Å². The molecule has 1 fully saturated rings. The third kappa shape index (κ3) is 3.37. The van der Waals surface area contributed by atoms with Crippen molar-refractivity contribution in [3.05, 3.63) is 64.1 Å². The van der Waals surface area contributed by atoms with Crippen molar-refractivity contribution in [2.45, 2.75) is 6.92 Å². The van der Waals surface area contributed by atoms with Gasteiger partial charge in [0.1, 0.15) is 0 Å². The zero-order valence-electron chi connectivity index (χ0n) is 14.5. The first kappa shape index (κ1) is 17.2. The number of pyridine rings is 1. The van der Waals surface area contributed by atoms with Crippen LogP contribution in [0.3, 0.4) is 0 Å². The number of hydrogen-bond acceptors (Lipinski definition) is 3. The number of carbonyl (C=O) groups is 1. The van der Waals surface area contributed by atoms with Crippen molar-refractivity contribution in [3.8, 4) is 11.3 Å². The van der Waals surface area contributed by atoms with Gasteiger partial charge in [-0.3, -0.25) is 4.79 Å². The van der Waals surface area contributed by atoms with Gasteiger partial charge in [-0.15, -0.1) is 0 Å². The van der Waals surface area contributed by atoms with Crippen molar-refractivity contribution in [1.29, 1.82) is 0 Å². The molecular weight excluding hydrogens is 392 g/mol. The Morgan fingerprint density at radius 1 is 1.12 bits per heavy atom. The van der Waals surface area contributed by atoms with Gasteiger partial charge in [-0.05, 0) is 37.3 Å². The predicted octanol–water partition coefficient (Wildman–Crippen LogP) is 4.45. The van der Waals surface area contributed by atoms with Crippen LogP contribution < -0.4 is 0 Å². The number of fused-ring (bicyclic) bond motifs is 1. The Morgan fingerprint density at radius 2 is 1.92 bits per heavy atom. The van der Waals surface area contributed by atoms with Crippen LogP contribution in [0.25, 0.3) is 22.2 Å². The van der Waals surface area contributed by atoms with E-state index < -0.39 is 0 Å². The number of carbonyl (C=O) groups excluding carboxylic acids is 1. The molecule has 2 aromatic carbocycles. The lowest BCUT2D eigenvalue weighted by molar-refractivity contribution is 0.0304. The Labute approximate surface area is 160 Å². The molecule has 0 N–H and O–H groups in total. The smallest absolute Gasteiger partial charge is 0.254 e. The van der Waals surface area contributed by atoms with Crippen molar-refractivity contribution >= 4 is 32.7 Å². The van der Waals surface area contributed by atoms with E-state index in [0.29, 0.717) is 31.9 Å². The highest BCUT2D eigenvalue weighted by Crippen LogP contribution is 2.28. The first-order valence-electron chi connectivity index (χ1n) is 8.66. The summed E-state index contributed by atoms with van der Waals surface area (Å²) in [5, 5.41) is 0.868. The highest BCUT2D eigenvalue weighted by Gasteiger charge is 2.22. The molecule has 0 bridgehead atoms. The van der Waals surface area contributed by atoms with Crippen molar-refractivity contribution < 1.29 is 9.53 Å². The third-order valence-electron chi connectivity index (χ3n) is 4.61. The van der Waals surface area contributed by atoms with Crippen LogP contribution in [0.1, 0.15) is 15.9 Å². The van der Waals surface area contributed by atoms with Gasteiger partial charge in [0.15, 0.2) is 0 Å². The molecule has 1 saturated heterocycles. The van der Waals surface area contributed by atoms with Gasteiger partial charge in [0.05, 0.1) is 30.0 Å². The number of aryl methyl sites for hydroxylation is 1. The van der Waals surface area contributed by atoms with E-state index in [9.17, 15) is 4.79 Å². The Kier molecular flexibility index (Phi) is 4.74. The molecule has 0 aliphatic carbocycles. The fourth-order valence-corrected chi connectivity index (χ4v) is 3.63. The van der Waals surface area contributed by atoms with Crippen LogP contribution >= 0.6 is 15.9 Å². The van der Waals surface area contributed by atoms with Crippen LogP contribution in [0, 0.1) is 6.92 Å². The zero-order chi connectivity index (χ0) is 18.1. The van der Waals surface area contributed by atoms with E-state index >= 15 is 0 Å². The summed E-state index contributed by atoms with van der Waals surface area (Å²) in [6, 6.07) is 16.0. The molecule has 1 aliphatic rings. The van der Waals surface area contributed by atoms with E-state index in [4.69, 9.17) is 9.72 Å². The monoisotopic (exact) mass is 410 g/mol. The number of benzene rings is 2. The van der Waals surface area contributed by atoms with Gasteiger partial charge in [0.25, 0.3) is 5.91 Å². The molecule has 0 unspecified atom stereocenters. The molecule has 1 aliphatic heterocycles. The van der Waals surface area contributed by atoms with Crippen molar-refractivity contribution in [3.63, 3.8) is 0 Å². The molecule has 5 heteroatoms. The summed E-state index contributed by atoms with van der Waals surface area (Å²) < 4.78 is 6.32. The molecule has 4 rings (SSSR count). The Bertz CT molecular complexity index is 981. The van der Waals surface area contributed by atoms with Gasteiger partial charge in [0, 0.05) is 28.5 Å². The summed E-state index contributed by atoms with van der Waals surface area (Å²) in [7, 11) is 0. The maximum atomic E-state index is 13.2. The molecule has 26 heavy (non-hydrogen) atoms. The number of hydrogen-bond donors (Lipinski definition) is 0. The second kappa shape index (κ2) is 7.17. The van der Waals surface area contributed by atoms with Crippen molar-refractivity contribution in [1.82, 2.24) is 9.88 Å². The van der Waals surface area contributed by atoms with E-state index in [0.717, 1.165) is 26.6 Å². The topological polar surface area (TPSA) is 42.4 Å². The number of nitrogens with zero attached hydrogens (tertiary/aromatic N) is 2. The van der Waals surface area contributed by atoms with Crippen molar-refractivity contribution in [2.75, 3.05) is 26.3 Å². The number of halogens is 1. The fraction of sp³-hybridized carbons (Fsp3) is 0.238. The molecule has 3 aromatic rings. The lowest BCUT2D eigenvalue weighted by atomic mass is 10.0. The normalized spacial score (nSPS) is 14.6. The van der Waals surface area contributed by atoms with E-state index in [-0.39, 0.29) is 5.91 Å². The minimum Gasteiger partial charge on any atom is -0.378 e. The average molecular weight is 411 g/mol. The Morgan fingerprint density at radius 3 is 2.69 bits per heavy atom. The summed E-state index contributed by atoms with van der Waals surface area (Å²) in [4.78, 5) is 19.9. The fourth-order valence-electron chi connectivity index (χ4n) is 3.26. The van der Waals surface area contributed by atoms with Crippen LogP contribution in [0.5, 0.6) is 0 Å². The number of morpholine rings is 1. The first-order valence-corrected chi connectivity index (χ1v) is 9.45. The number of aromatic nitrogens is 1. The summed E-state index contributed by atoms with van der Waals surface area (Å²) >= 11 is 3.51. The molecule has 0 saturated carbocycles. The van der Waals surface area contributed by atoms with Gasteiger partial charge < -0.3 is 9.64 Å². The van der Waals surface area contributed by atoms with Gasteiger partial charge in [-0.1, -0.05) is 39.7 Å². The molecule has 1 amide bonds.